The molecule has 2 N–H and O–H groups in total. The van der Waals surface area contributed by atoms with Crippen LogP contribution < -0.4 is 5.32 Å². The second-order valence-corrected chi connectivity index (χ2v) is 4.70. The molecule has 0 atom stereocenters. The van der Waals surface area contributed by atoms with Crippen LogP contribution in [0.5, 0.6) is 0 Å². The molecule has 0 radical (unpaired) electrons. The van der Waals surface area contributed by atoms with E-state index >= 15 is 0 Å². The summed E-state index contributed by atoms with van der Waals surface area (Å²) in [5.41, 5.74) is 2.47. The molecule has 0 aliphatic heterocycles. The number of aliphatic hydroxyl groups is 1. The molecule has 0 aromatic heterocycles. The SMILES string of the molecule is OCc1cccc(CNCc2cccc(Cl)c2F)c1. The van der Waals surface area contributed by atoms with E-state index in [1.54, 1.807) is 12.1 Å². The van der Waals surface area contributed by atoms with Crippen LogP contribution in [0.15, 0.2) is 42.5 Å². The highest BCUT2D eigenvalue weighted by atomic mass is 35.5. The van der Waals surface area contributed by atoms with Crippen LogP contribution in [0.2, 0.25) is 5.02 Å². The van der Waals surface area contributed by atoms with Crippen LogP contribution in [-0.4, -0.2) is 5.11 Å². The number of aliphatic hydroxyl groups excluding tert-OH is 1. The molecule has 0 fully saturated rings. The third-order valence-electron chi connectivity index (χ3n) is 2.85. The highest BCUT2D eigenvalue weighted by Gasteiger charge is 2.05. The van der Waals surface area contributed by atoms with Gasteiger partial charge in [0.05, 0.1) is 11.6 Å². The Morgan fingerprint density at radius 1 is 1.05 bits per heavy atom. The number of halogens is 2. The van der Waals surface area contributed by atoms with Gasteiger partial charge in [0.25, 0.3) is 0 Å². The standard InChI is InChI=1S/C15H15ClFNO/c16-14-6-2-5-13(15(14)17)9-18-8-11-3-1-4-12(7-11)10-19/h1-7,18-19H,8-10H2. The second-order valence-electron chi connectivity index (χ2n) is 4.29. The Balaban J connectivity index is 1.94. The summed E-state index contributed by atoms with van der Waals surface area (Å²) in [6.07, 6.45) is 0. The van der Waals surface area contributed by atoms with Gasteiger partial charge < -0.3 is 10.4 Å². The van der Waals surface area contributed by atoms with Crippen LogP contribution >= 0.6 is 11.6 Å². The molecule has 0 aliphatic rings. The lowest BCUT2D eigenvalue weighted by molar-refractivity contribution is 0.281. The molecule has 0 heterocycles. The molecule has 2 aromatic rings. The first-order valence-corrected chi connectivity index (χ1v) is 6.41. The number of rotatable bonds is 5. The van der Waals surface area contributed by atoms with E-state index in [1.807, 2.05) is 24.3 Å². The smallest absolute Gasteiger partial charge is 0.146 e. The molecule has 2 nitrogen and oxygen atoms in total. The number of benzene rings is 2. The lowest BCUT2D eigenvalue weighted by atomic mass is 10.1. The van der Waals surface area contributed by atoms with Gasteiger partial charge in [-0.1, -0.05) is 48.0 Å². The molecule has 19 heavy (non-hydrogen) atoms. The zero-order valence-corrected chi connectivity index (χ0v) is 11.1. The summed E-state index contributed by atoms with van der Waals surface area (Å²) in [7, 11) is 0. The van der Waals surface area contributed by atoms with Gasteiger partial charge in [-0.15, -0.1) is 0 Å². The van der Waals surface area contributed by atoms with E-state index in [0.717, 1.165) is 11.1 Å². The van der Waals surface area contributed by atoms with E-state index in [0.29, 0.717) is 18.7 Å². The van der Waals surface area contributed by atoms with Crippen LogP contribution in [0.25, 0.3) is 0 Å². The third kappa shape index (κ3) is 3.77. The molecule has 0 saturated carbocycles. The van der Waals surface area contributed by atoms with Gasteiger partial charge in [0, 0.05) is 18.7 Å². The maximum Gasteiger partial charge on any atom is 0.146 e. The number of hydrogen-bond donors (Lipinski definition) is 2. The first kappa shape index (κ1) is 14.0. The summed E-state index contributed by atoms with van der Waals surface area (Å²) in [6.45, 7) is 1.05. The first-order valence-electron chi connectivity index (χ1n) is 6.03. The van der Waals surface area contributed by atoms with Crippen molar-refractivity contribution in [2.24, 2.45) is 0 Å². The second kappa shape index (κ2) is 6.66. The summed E-state index contributed by atoms with van der Waals surface area (Å²) < 4.78 is 13.6. The quantitative estimate of drug-likeness (QED) is 0.880. The molecule has 0 spiro atoms. The van der Waals surface area contributed by atoms with Crippen molar-refractivity contribution in [1.82, 2.24) is 5.32 Å². The van der Waals surface area contributed by atoms with Crippen molar-refractivity contribution in [1.29, 1.82) is 0 Å². The van der Waals surface area contributed by atoms with Crippen molar-refractivity contribution in [2.45, 2.75) is 19.7 Å². The molecule has 0 aliphatic carbocycles. The van der Waals surface area contributed by atoms with Crippen molar-refractivity contribution in [3.63, 3.8) is 0 Å². The highest BCUT2D eigenvalue weighted by molar-refractivity contribution is 6.30. The molecule has 4 heteroatoms. The number of nitrogens with one attached hydrogen (secondary N) is 1. The topological polar surface area (TPSA) is 32.3 Å². The molecule has 2 rings (SSSR count). The fourth-order valence-electron chi connectivity index (χ4n) is 1.86. The van der Waals surface area contributed by atoms with Crippen LogP contribution in [0.1, 0.15) is 16.7 Å². The van der Waals surface area contributed by atoms with Gasteiger partial charge in [0.1, 0.15) is 5.82 Å². The van der Waals surface area contributed by atoms with Crippen LogP contribution in [0, 0.1) is 5.82 Å². The van der Waals surface area contributed by atoms with Crippen LogP contribution in [-0.2, 0) is 19.7 Å². The molecular weight excluding hydrogens is 265 g/mol. The first-order chi connectivity index (χ1) is 9.20. The Morgan fingerprint density at radius 2 is 1.79 bits per heavy atom. The minimum atomic E-state index is -0.374. The minimum Gasteiger partial charge on any atom is -0.392 e. The molecule has 0 bridgehead atoms. The molecule has 0 unspecified atom stereocenters. The van der Waals surface area contributed by atoms with Gasteiger partial charge >= 0.3 is 0 Å². The van der Waals surface area contributed by atoms with Crippen LogP contribution in [0.4, 0.5) is 4.39 Å². The zero-order chi connectivity index (χ0) is 13.7. The Morgan fingerprint density at radius 3 is 2.58 bits per heavy atom. The Bertz CT molecular complexity index is 560. The van der Waals surface area contributed by atoms with Gasteiger partial charge in [-0.25, -0.2) is 4.39 Å². The predicted octanol–water partition coefficient (Wildman–Crippen LogP) is 3.26. The summed E-state index contributed by atoms with van der Waals surface area (Å²) in [5.74, 6) is -0.374. The molecule has 0 amide bonds. The average molecular weight is 280 g/mol. The van der Waals surface area contributed by atoms with Gasteiger partial charge in [0.15, 0.2) is 0 Å². The molecular formula is C15H15ClFNO. The van der Waals surface area contributed by atoms with Gasteiger partial charge in [-0.2, -0.15) is 0 Å². The van der Waals surface area contributed by atoms with Crippen molar-refractivity contribution in [3.8, 4) is 0 Å². The fraction of sp³-hybridized carbons (Fsp3) is 0.200. The highest BCUT2D eigenvalue weighted by Crippen LogP contribution is 2.17. The van der Waals surface area contributed by atoms with E-state index in [-0.39, 0.29) is 17.4 Å². The van der Waals surface area contributed by atoms with Crippen LogP contribution in [0.3, 0.4) is 0 Å². The van der Waals surface area contributed by atoms with E-state index in [9.17, 15) is 4.39 Å². The van der Waals surface area contributed by atoms with Crippen molar-refractivity contribution in [3.05, 3.63) is 70.0 Å². The Labute approximate surface area is 116 Å². The summed E-state index contributed by atoms with van der Waals surface area (Å²) >= 11 is 5.72. The minimum absolute atomic E-state index is 0.0246. The Hall–Kier alpha value is -1.42. The van der Waals surface area contributed by atoms with E-state index in [2.05, 4.69) is 5.32 Å². The Kier molecular flexibility index (Phi) is 4.91. The summed E-state index contributed by atoms with van der Waals surface area (Å²) in [4.78, 5) is 0. The van der Waals surface area contributed by atoms with Crippen molar-refractivity contribution >= 4 is 11.6 Å². The number of hydrogen-bond acceptors (Lipinski definition) is 2. The van der Waals surface area contributed by atoms with Gasteiger partial charge in [-0.05, 0) is 17.2 Å². The van der Waals surface area contributed by atoms with E-state index < -0.39 is 0 Å². The van der Waals surface area contributed by atoms with Crippen molar-refractivity contribution in [2.75, 3.05) is 0 Å². The maximum atomic E-state index is 13.6. The zero-order valence-electron chi connectivity index (χ0n) is 10.4. The summed E-state index contributed by atoms with van der Waals surface area (Å²) in [6, 6.07) is 12.6. The third-order valence-corrected chi connectivity index (χ3v) is 3.14. The predicted molar refractivity (Wildman–Crippen MR) is 74.3 cm³/mol. The molecule has 2 aromatic carbocycles. The van der Waals surface area contributed by atoms with E-state index in [1.165, 1.54) is 6.07 Å². The van der Waals surface area contributed by atoms with Gasteiger partial charge in [0.2, 0.25) is 0 Å². The normalized spacial score (nSPS) is 10.7. The molecule has 100 valence electrons. The lowest BCUT2D eigenvalue weighted by Gasteiger charge is -2.08. The molecule has 0 saturated heterocycles. The van der Waals surface area contributed by atoms with E-state index in [4.69, 9.17) is 16.7 Å². The fourth-order valence-corrected chi connectivity index (χ4v) is 2.06. The van der Waals surface area contributed by atoms with Gasteiger partial charge in [-0.3, -0.25) is 0 Å². The largest absolute Gasteiger partial charge is 0.392 e. The van der Waals surface area contributed by atoms with Crippen molar-refractivity contribution < 1.29 is 9.50 Å². The average Bonchev–Trinajstić information content (AvgIpc) is 2.44. The summed E-state index contributed by atoms with van der Waals surface area (Å²) in [5, 5.41) is 12.3. The lowest BCUT2D eigenvalue weighted by Crippen LogP contribution is -2.14. The maximum absolute atomic E-state index is 13.6. The monoisotopic (exact) mass is 279 g/mol.